The number of nitrogens with zero attached hydrogens (tertiary/aromatic N) is 1. The maximum absolute atomic E-state index is 12.9. The molecule has 5 nitrogen and oxygen atoms in total. The molecule has 0 aliphatic heterocycles. The van der Waals surface area contributed by atoms with Crippen LogP contribution in [0.3, 0.4) is 0 Å². The topological polar surface area (TPSA) is 74.6 Å². The molecule has 0 aliphatic rings. The molecular formula is C20H17BF4N2O3S. The van der Waals surface area contributed by atoms with Crippen molar-refractivity contribution in [2.24, 2.45) is 0 Å². The van der Waals surface area contributed by atoms with Gasteiger partial charge in [-0.25, -0.2) is 9.37 Å². The van der Waals surface area contributed by atoms with Crippen LogP contribution in [0, 0.1) is 5.82 Å². The van der Waals surface area contributed by atoms with Crippen LogP contribution in [-0.2, 0) is 12.3 Å². The van der Waals surface area contributed by atoms with Crippen molar-refractivity contribution in [3.05, 3.63) is 77.7 Å². The molecule has 0 unspecified atom stereocenters. The quantitative estimate of drug-likeness (QED) is 0.275. The summed E-state index contributed by atoms with van der Waals surface area (Å²) in [5.41, 5.74) is 2.00. The lowest BCUT2D eigenvalue weighted by molar-refractivity contribution is -0.274. The van der Waals surface area contributed by atoms with Gasteiger partial charge in [0, 0.05) is 24.2 Å². The van der Waals surface area contributed by atoms with Gasteiger partial charge in [-0.1, -0.05) is 12.1 Å². The predicted molar refractivity (Wildman–Crippen MR) is 110 cm³/mol. The number of ether oxygens (including phenoxy) is 1. The number of halogens is 4. The summed E-state index contributed by atoms with van der Waals surface area (Å²) in [4.78, 5) is 4.30. The Hall–Kier alpha value is -2.76. The standard InChI is InChI=1S/C20H17BF4N2O3S/c22-15-2-4-16(5-3-15)26-10-13-1-8-19(27-11-13)31-12-14-9-17(30-20(23,24)25)6-7-18(14)21(28)29/h1-9,11,26,28-29H,10,12H2. The van der Waals surface area contributed by atoms with E-state index in [0.717, 1.165) is 23.4 Å². The molecule has 3 rings (SSSR count). The highest BCUT2D eigenvalue weighted by atomic mass is 32.2. The normalized spacial score (nSPS) is 11.3. The Balaban J connectivity index is 1.62. The van der Waals surface area contributed by atoms with Crippen molar-refractivity contribution in [1.82, 2.24) is 4.98 Å². The van der Waals surface area contributed by atoms with E-state index in [-0.39, 0.29) is 22.6 Å². The zero-order chi connectivity index (χ0) is 22.4. The lowest BCUT2D eigenvalue weighted by atomic mass is 9.77. The first-order valence-corrected chi connectivity index (χ1v) is 10.00. The summed E-state index contributed by atoms with van der Waals surface area (Å²) < 4.78 is 54.2. The molecule has 162 valence electrons. The minimum Gasteiger partial charge on any atom is -0.423 e. The van der Waals surface area contributed by atoms with Crippen molar-refractivity contribution >= 4 is 30.0 Å². The molecule has 0 aliphatic carbocycles. The molecule has 3 N–H and O–H groups in total. The first kappa shape index (κ1) is 22.9. The largest absolute Gasteiger partial charge is 0.573 e. The summed E-state index contributed by atoms with van der Waals surface area (Å²) in [5, 5.41) is 22.7. The molecule has 1 heterocycles. The fourth-order valence-electron chi connectivity index (χ4n) is 2.68. The zero-order valence-electron chi connectivity index (χ0n) is 15.9. The lowest BCUT2D eigenvalue weighted by Crippen LogP contribution is -2.33. The molecule has 0 atom stereocenters. The van der Waals surface area contributed by atoms with Gasteiger partial charge in [0.25, 0.3) is 0 Å². The minimum atomic E-state index is -4.84. The number of rotatable bonds is 8. The van der Waals surface area contributed by atoms with E-state index in [2.05, 4.69) is 15.0 Å². The van der Waals surface area contributed by atoms with Crippen LogP contribution in [0.4, 0.5) is 23.2 Å². The second kappa shape index (κ2) is 10.0. The molecule has 31 heavy (non-hydrogen) atoms. The van der Waals surface area contributed by atoms with Gasteiger partial charge in [0.05, 0.1) is 5.03 Å². The lowest BCUT2D eigenvalue weighted by Gasteiger charge is -2.13. The van der Waals surface area contributed by atoms with E-state index in [1.54, 1.807) is 24.4 Å². The van der Waals surface area contributed by atoms with E-state index in [9.17, 15) is 27.6 Å². The number of thioether (sulfide) groups is 1. The SMILES string of the molecule is OB(O)c1ccc(OC(F)(F)F)cc1CSc1ccc(CNc2ccc(F)cc2)cn1. The number of nitrogens with one attached hydrogen (secondary N) is 1. The van der Waals surface area contributed by atoms with Gasteiger partial charge < -0.3 is 20.1 Å². The van der Waals surface area contributed by atoms with Crippen LogP contribution in [0.5, 0.6) is 5.75 Å². The molecule has 0 radical (unpaired) electrons. The molecule has 11 heteroatoms. The maximum Gasteiger partial charge on any atom is 0.573 e. The van der Waals surface area contributed by atoms with Crippen molar-refractivity contribution < 1.29 is 32.3 Å². The van der Waals surface area contributed by atoms with Crippen molar-refractivity contribution in [2.75, 3.05) is 5.32 Å². The highest BCUT2D eigenvalue weighted by molar-refractivity contribution is 7.98. The monoisotopic (exact) mass is 452 g/mol. The number of aromatic nitrogens is 1. The first-order valence-electron chi connectivity index (χ1n) is 9.01. The third kappa shape index (κ3) is 7.16. The fourth-order valence-corrected chi connectivity index (χ4v) is 3.53. The van der Waals surface area contributed by atoms with Gasteiger partial charge in [0.15, 0.2) is 0 Å². The Morgan fingerprint density at radius 1 is 1.03 bits per heavy atom. The number of anilines is 1. The number of pyridine rings is 1. The number of hydrogen-bond donors (Lipinski definition) is 3. The van der Waals surface area contributed by atoms with E-state index in [1.165, 1.54) is 30.0 Å². The van der Waals surface area contributed by atoms with Gasteiger partial charge in [0.2, 0.25) is 0 Å². The number of benzene rings is 2. The summed E-state index contributed by atoms with van der Waals surface area (Å²) in [6.45, 7) is 0.473. The van der Waals surface area contributed by atoms with Gasteiger partial charge >= 0.3 is 13.5 Å². The fraction of sp³-hybridized carbons (Fsp3) is 0.150. The molecule has 0 bridgehead atoms. The summed E-state index contributed by atoms with van der Waals surface area (Å²) in [7, 11) is -1.83. The van der Waals surface area contributed by atoms with Gasteiger partial charge in [-0.15, -0.1) is 24.9 Å². The third-order valence-electron chi connectivity index (χ3n) is 4.14. The molecule has 0 spiro atoms. The van der Waals surface area contributed by atoms with Crippen LogP contribution in [0.1, 0.15) is 11.1 Å². The second-order valence-electron chi connectivity index (χ2n) is 6.44. The molecular weight excluding hydrogens is 435 g/mol. The smallest absolute Gasteiger partial charge is 0.423 e. The van der Waals surface area contributed by atoms with Crippen LogP contribution in [-0.4, -0.2) is 28.5 Å². The second-order valence-corrected chi connectivity index (χ2v) is 7.43. The molecule has 0 fully saturated rings. The first-order chi connectivity index (χ1) is 14.7. The van der Waals surface area contributed by atoms with Crippen molar-refractivity contribution in [2.45, 2.75) is 23.7 Å². The zero-order valence-corrected chi connectivity index (χ0v) is 16.8. The van der Waals surface area contributed by atoms with E-state index in [4.69, 9.17) is 0 Å². The maximum atomic E-state index is 12.9. The van der Waals surface area contributed by atoms with Crippen LogP contribution in [0.25, 0.3) is 0 Å². The Morgan fingerprint density at radius 3 is 2.39 bits per heavy atom. The van der Waals surface area contributed by atoms with Gasteiger partial charge in [-0.2, -0.15) is 0 Å². The Kier molecular flexibility index (Phi) is 7.42. The summed E-state index contributed by atoms with van der Waals surface area (Å²) >= 11 is 1.22. The number of alkyl halides is 3. The van der Waals surface area contributed by atoms with Crippen molar-refractivity contribution in [1.29, 1.82) is 0 Å². The van der Waals surface area contributed by atoms with E-state index in [1.807, 2.05) is 6.07 Å². The molecule has 1 aromatic heterocycles. The van der Waals surface area contributed by atoms with Crippen LogP contribution in [0.15, 0.2) is 65.8 Å². The summed E-state index contributed by atoms with van der Waals surface area (Å²) in [5.74, 6) is -0.606. The van der Waals surface area contributed by atoms with Gasteiger partial charge in [-0.3, -0.25) is 0 Å². The van der Waals surface area contributed by atoms with Crippen LogP contribution >= 0.6 is 11.8 Å². The average molecular weight is 452 g/mol. The predicted octanol–water partition coefficient (Wildman–Crippen LogP) is 3.70. The molecule has 0 amide bonds. The molecule has 0 saturated carbocycles. The third-order valence-corrected chi connectivity index (χ3v) is 5.13. The van der Waals surface area contributed by atoms with E-state index < -0.39 is 19.2 Å². The average Bonchev–Trinajstić information content (AvgIpc) is 2.71. The molecule has 2 aromatic carbocycles. The van der Waals surface area contributed by atoms with Crippen molar-refractivity contribution in [3.63, 3.8) is 0 Å². The summed E-state index contributed by atoms with van der Waals surface area (Å²) in [6, 6.07) is 12.9. The highest BCUT2D eigenvalue weighted by Crippen LogP contribution is 2.26. The Labute approximate surface area is 180 Å². The minimum absolute atomic E-state index is 0.0853. The van der Waals surface area contributed by atoms with Crippen LogP contribution in [0.2, 0.25) is 0 Å². The molecule has 0 saturated heterocycles. The highest BCUT2D eigenvalue weighted by Gasteiger charge is 2.31. The van der Waals surface area contributed by atoms with Gasteiger partial charge in [0.1, 0.15) is 11.6 Å². The molecule has 3 aromatic rings. The number of hydrogen-bond acceptors (Lipinski definition) is 6. The van der Waals surface area contributed by atoms with E-state index >= 15 is 0 Å². The van der Waals surface area contributed by atoms with Gasteiger partial charge in [-0.05, 0) is 59.1 Å². The summed E-state index contributed by atoms with van der Waals surface area (Å²) in [6.07, 6.45) is -3.20. The van der Waals surface area contributed by atoms with Crippen molar-refractivity contribution in [3.8, 4) is 5.75 Å². The van der Waals surface area contributed by atoms with E-state index in [0.29, 0.717) is 11.6 Å². The van der Waals surface area contributed by atoms with Crippen LogP contribution < -0.4 is 15.5 Å². The Bertz CT molecular complexity index is 1000. The Morgan fingerprint density at radius 2 is 1.77 bits per heavy atom.